The van der Waals surface area contributed by atoms with Gasteiger partial charge in [-0.15, -0.1) is 0 Å². The molecule has 0 amide bonds. The summed E-state index contributed by atoms with van der Waals surface area (Å²) in [6.45, 7) is 3.91. The van der Waals surface area contributed by atoms with Crippen molar-refractivity contribution < 1.29 is 12.9 Å². The van der Waals surface area contributed by atoms with Gasteiger partial charge in [-0.25, -0.2) is 0 Å². The smallest absolute Gasteiger partial charge is 0.357 e. The van der Waals surface area contributed by atoms with Crippen LogP contribution in [0.3, 0.4) is 0 Å². The van der Waals surface area contributed by atoms with Crippen molar-refractivity contribution in [1.82, 2.24) is 0 Å². The zero-order valence-electron chi connectivity index (χ0n) is 9.06. The van der Waals surface area contributed by atoms with Gasteiger partial charge >= 0.3 is 11.4 Å². The van der Waals surface area contributed by atoms with Crippen molar-refractivity contribution in [3.05, 3.63) is 41.5 Å². The van der Waals surface area contributed by atoms with Gasteiger partial charge in [0.1, 0.15) is 5.75 Å². The molecule has 0 saturated carbocycles. The van der Waals surface area contributed by atoms with Gasteiger partial charge in [0.25, 0.3) is 0 Å². The van der Waals surface area contributed by atoms with Crippen LogP contribution in [-0.4, -0.2) is 8.76 Å². The molecule has 2 rings (SSSR count). The molecule has 84 valence electrons. The fourth-order valence-electron chi connectivity index (χ4n) is 1.81. The molecule has 0 fully saturated rings. The van der Waals surface area contributed by atoms with Gasteiger partial charge in [0.2, 0.25) is 0 Å². The van der Waals surface area contributed by atoms with Crippen LogP contribution < -0.4 is 4.18 Å². The molecule has 0 spiro atoms. The third-order valence-electron chi connectivity index (χ3n) is 2.66. The number of benzene rings is 2. The van der Waals surface area contributed by atoms with E-state index in [-0.39, 0.29) is 0 Å². The lowest BCUT2D eigenvalue weighted by molar-refractivity contribution is 0.457. The van der Waals surface area contributed by atoms with E-state index in [0.717, 1.165) is 16.3 Å². The summed E-state index contributed by atoms with van der Waals surface area (Å²) in [5, 5.41) is 2.18. The Labute approximate surface area is 96.5 Å². The topological polar surface area (TPSA) is 46.5 Å². The molecule has 0 aliphatic carbocycles. The minimum absolute atomic E-state index is 0.443. The van der Waals surface area contributed by atoms with Crippen molar-refractivity contribution in [1.29, 1.82) is 0 Å². The summed E-state index contributed by atoms with van der Waals surface area (Å²) in [6, 6.07) is 9.60. The highest BCUT2D eigenvalue weighted by molar-refractivity contribution is 7.74. The zero-order valence-corrected chi connectivity index (χ0v) is 9.88. The largest absolute Gasteiger partial charge is 0.380 e. The van der Waals surface area contributed by atoms with Crippen molar-refractivity contribution in [2.75, 3.05) is 0 Å². The summed E-state index contributed by atoms with van der Waals surface area (Å²) in [5.41, 5.74) is 2.06. The molecule has 0 aromatic heterocycles. The third-order valence-corrected chi connectivity index (χ3v) is 2.98. The van der Waals surface area contributed by atoms with E-state index in [0.29, 0.717) is 5.75 Å². The number of hydrogen-bond donors (Lipinski definition) is 1. The average molecular weight is 236 g/mol. The molecular formula is C12H12O3S. The number of hydrogen-bond acceptors (Lipinski definition) is 2. The minimum Gasteiger partial charge on any atom is -0.380 e. The molecule has 1 atom stereocenters. The molecule has 3 nitrogen and oxygen atoms in total. The summed E-state index contributed by atoms with van der Waals surface area (Å²) < 4.78 is 24.1. The van der Waals surface area contributed by atoms with Crippen molar-refractivity contribution in [2.45, 2.75) is 13.8 Å². The van der Waals surface area contributed by atoms with Crippen LogP contribution >= 0.6 is 0 Å². The molecule has 0 saturated heterocycles. The lowest BCUT2D eigenvalue weighted by Gasteiger charge is -2.09. The van der Waals surface area contributed by atoms with Gasteiger partial charge in [-0.2, -0.15) is 4.21 Å². The first-order valence-corrected chi connectivity index (χ1v) is 5.91. The molecule has 2 aromatic carbocycles. The molecule has 0 bridgehead atoms. The minimum atomic E-state index is -2.28. The van der Waals surface area contributed by atoms with E-state index in [1.54, 1.807) is 6.07 Å². The molecule has 16 heavy (non-hydrogen) atoms. The maximum absolute atomic E-state index is 10.6. The van der Waals surface area contributed by atoms with Gasteiger partial charge < -0.3 is 4.18 Å². The van der Waals surface area contributed by atoms with Crippen molar-refractivity contribution in [2.24, 2.45) is 0 Å². The van der Waals surface area contributed by atoms with Crippen LogP contribution in [0.25, 0.3) is 10.8 Å². The quantitative estimate of drug-likeness (QED) is 0.815. The SMILES string of the molecule is Cc1cccc2c(C)c(OS(=O)O)ccc12. The predicted octanol–water partition coefficient (Wildman–Crippen LogP) is 2.97. The van der Waals surface area contributed by atoms with E-state index in [1.165, 1.54) is 5.56 Å². The summed E-state index contributed by atoms with van der Waals surface area (Å²) in [4.78, 5) is 0. The number of aryl methyl sites for hydroxylation is 2. The Hall–Kier alpha value is -1.39. The fraction of sp³-hybridized carbons (Fsp3) is 0.167. The third kappa shape index (κ3) is 1.94. The second kappa shape index (κ2) is 4.23. The molecule has 1 unspecified atom stereocenters. The first-order valence-electron chi connectivity index (χ1n) is 4.87. The zero-order chi connectivity index (χ0) is 11.7. The average Bonchev–Trinajstić information content (AvgIpc) is 2.23. The van der Waals surface area contributed by atoms with E-state index < -0.39 is 11.4 Å². The summed E-state index contributed by atoms with van der Waals surface area (Å²) in [6.07, 6.45) is 0. The Morgan fingerprint density at radius 1 is 1.12 bits per heavy atom. The summed E-state index contributed by atoms with van der Waals surface area (Å²) >= 11 is -2.28. The Morgan fingerprint density at radius 3 is 2.56 bits per heavy atom. The van der Waals surface area contributed by atoms with E-state index in [1.807, 2.05) is 38.1 Å². The van der Waals surface area contributed by atoms with Gasteiger partial charge in [-0.1, -0.05) is 24.3 Å². The van der Waals surface area contributed by atoms with Crippen molar-refractivity contribution >= 4 is 22.1 Å². The first kappa shape index (κ1) is 11.1. The maximum atomic E-state index is 10.6. The van der Waals surface area contributed by atoms with Gasteiger partial charge in [0.05, 0.1) is 0 Å². The van der Waals surface area contributed by atoms with E-state index >= 15 is 0 Å². The molecule has 0 aliphatic heterocycles. The standard InChI is InChI=1S/C12H12O3S/c1-8-4-3-5-11-9(2)12(15-16(13)14)7-6-10(8)11/h3-7H,1-2H3,(H,13,14). The lowest BCUT2D eigenvalue weighted by atomic mass is 10.0. The van der Waals surface area contributed by atoms with Crippen LogP contribution in [0.5, 0.6) is 5.75 Å². The first-order chi connectivity index (χ1) is 7.59. The normalized spacial score (nSPS) is 12.7. The molecular weight excluding hydrogens is 224 g/mol. The molecule has 1 N–H and O–H groups in total. The van der Waals surface area contributed by atoms with Crippen LogP contribution in [0.2, 0.25) is 0 Å². The van der Waals surface area contributed by atoms with Crippen LogP contribution in [0.15, 0.2) is 30.3 Å². The van der Waals surface area contributed by atoms with Gasteiger partial charge in [0.15, 0.2) is 0 Å². The maximum Gasteiger partial charge on any atom is 0.357 e. The van der Waals surface area contributed by atoms with Crippen LogP contribution in [0.1, 0.15) is 11.1 Å². The van der Waals surface area contributed by atoms with Gasteiger partial charge in [0, 0.05) is 5.56 Å². The Morgan fingerprint density at radius 2 is 1.88 bits per heavy atom. The predicted molar refractivity (Wildman–Crippen MR) is 64.8 cm³/mol. The Balaban J connectivity index is 2.65. The van der Waals surface area contributed by atoms with Gasteiger partial charge in [-0.3, -0.25) is 4.55 Å². The fourth-order valence-corrected chi connectivity index (χ4v) is 2.15. The van der Waals surface area contributed by atoms with Crippen LogP contribution in [-0.2, 0) is 11.4 Å². The van der Waals surface area contributed by atoms with Crippen LogP contribution in [0, 0.1) is 13.8 Å². The monoisotopic (exact) mass is 236 g/mol. The number of rotatable bonds is 2. The Kier molecular flexibility index (Phi) is 2.94. The molecule has 0 heterocycles. The summed E-state index contributed by atoms with van der Waals surface area (Å²) in [5.74, 6) is 0.443. The van der Waals surface area contributed by atoms with E-state index in [2.05, 4.69) is 0 Å². The number of fused-ring (bicyclic) bond motifs is 1. The molecule has 2 aromatic rings. The van der Waals surface area contributed by atoms with Crippen molar-refractivity contribution in [3.63, 3.8) is 0 Å². The van der Waals surface area contributed by atoms with E-state index in [4.69, 9.17) is 8.74 Å². The van der Waals surface area contributed by atoms with Crippen molar-refractivity contribution in [3.8, 4) is 5.75 Å². The molecule has 4 heteroatoms. The lowest BCUT2D eigenvalue weighted by Crippen LogP contribution is -1.99. The second-order valence-corrected chi connectivity index (χ2v) is 4.26. The summed E-state index contributed by atoms with van der Waals surface area (Å²) in [7, 11) is 0. The highest BCUT2D eigenvalue weighted by Crippen LogP contribution is 2.29. The van der Waals surface area contributed by atoms with E-state index in [9.17, 15) is 4.21 Å². The van der Waals surface area contributed by atoms with Gasteiger partial charge in [-0.05, 0) is 36.2 Å². The highest BCUT2D eigenvalue weighted by atomic mass is 32.2. The molecule has 0 radical (unpaired) electrons. The Bertz CT molecular complexity index is 563. The highest BCUT2D eigenvalue weighted by Gasteiger charge is 2.07. The van der Waals surface area contributed by atoms with Crippen LogP contribution in [0.4, 0.5) is 0 Å². The molecule has 0 aliphatic rings. The second-order valence-electron chi connectivity index (χ2n) is 3.66.